The van der Waals surface area contributed by atoms with Gasteiger partial charge in [-0.1, -0.05) is 25.5 Å². The molecule has 0 bridgehead atoms. The fourth-order valence-corrected chi connectivity index (χ4v) is 7.56. The van der Waals surface area contributed by atoms with Crippen LogP contribution >= 0.6 is 11.6 Å². The Morgan fingerprint density at radius 2 is 1.91 bits per heavy atom. The summed E-state index contributed by atoms with van der Waals surface area (Å²) in [6.07, 6.45) is 12.4. The van der Waals surface area contributed by atoms with Crippen LogP contribution in [0.1, 0.15) is 72.1 Å². The summed E-state index contributed by atoms with van der Waals surface area (Å²) in [6.45, 7) is 6.79. The number of halogens is 1. The van der Waals surface area contributed by atoms with Crippen LogP contribution in [0.25, 0.3) is 0 Å². The molecule has 0 aromatic rings. The first kappa shape index (κ1) is 16.2. The molecular weight excluding hydrogens is 304 g/mol. The maximum absolute atomic E-state index is 12.2. The van der Waals surface area contributed by atoms with Gasteiger partial charge in [0.1, 0.15) is 5.78 Å². The first-order chi connectivity index (χ1) is 10.9. The van der Waals surface area contributed by atoms with Crippen molar-refractivity contribution in [2.75, 3.05) is 0 Å². The van der Waals surface area contributed by atoms with Crippen LogP contribution in [-0.4, -0.2) is 11.2 Å². The van der Waals surface area contributed by atoms with Gasteiger partial charge >= 0.3 is 0 Å². The molecule has 23 heavy (non-hydrogen) atoms. The van der Waals surface area contributed by atoms with E-state index in [1.807, 2.05) is 6.92 Å². The molecule has 0 aromatic carbocycles. The summed E-state index contributed by atoms with van der Waals surface area (Å²) in [5, 5.41) is 0.355. The van der Waals surface area contributed by atoms with Crippen LogP contribution in [0.3, 0.4) is 0 Å². The molecule has 0 spiro atoms. The summed E-state index contributed by atoms with van der Waals surface area (Å²) in [7, 11) is 0. The quantitative estimate of drug-likeness (QED) is 0.440. The highest BCUT2D eigenvalue weighted by Gasteiger charge is 2.59. The highest BCUT2D eigenvalue weighted by atomic mass is 35.5. The number of rotatable bonds is 1. The van der Waals surface area contributed by atoms with E-state index in [1.54, 1.807) is 5.57 Å². The molecule has 0 radical (unpaired) electrons. The lowest BCUT2D eigenvalue weighted by Gasteiger charge is -2.57. The fourth-order valence-electron chi connectivity index (χ4n) is 7.28. The predicted octanol–water partition coefficient (Wildman–Crippen LogP) is 5.76. The largest absolute Gasteiger partial charge is 0.300 e. The van der Waals surface area contributed by atoms with Gasteiger partial charge in [-0.05, 0) is 86.9 Å². The second-order valence-electron chi connectivity index (χ2n) is 9.38. The molecule has 1 nitrogen and oxygen atoms in total. The number of alkyl halides is 1. The van der Waals surface area contributed by atoms with E-state index in [1.165, 1.54) is 38.5 Å². The number of carbonyl (C=O) groups excluding carboxylic acids is 1. The molecule has 4 aliphatic carbocycles. The Labute approximate surface area is 146 Å². The summed E-state index contributed by atoms with van der Waals surface area (Å²) in [5.74, 6) is 3.16. The molecule has 7 atom stereocenters. The van der Waals surface area contributed by atoms with E-state index >= 15 is 0 Å². The molecule has 2 heteroatoms. The topological polar surface area (TPSA) is 17.1 Å². The maximum Gasteiger partial charge on any atom is 0.133 e. The van der Waals surface area contributed by atoms with Gasteiger partial charge in [-0.2, -0.15) is 0 Å². The van der Waals surface area contributed by atoms with Crippen LogP contribution in [-0.2, 0) is 4.79 Å². The zero-order chi connectivity index (χ0) is 16.4. The second-order valence-corrected chi connectivity index (χ2v) is 10.0. The molecule has 0 N–H and O–H groups in total. The zero-order valence-electron chi connectivity index (χ0n) is 14.9. The van der Waals surface area contributed by atoms with Crippen molar-refractivity contribution >= 4 is 17.4 Å². The summed E-state index contributed by atoms with van der Waals surface area (Å²) in [4.78, 5) is 12.2. The number of ketones is 1. The average Bonchev–Trinajstić information content (AvgIpc) is 2.85. The van der Waals surface area contributed by atoms with Gasteiger partial charge in [0.2, 0.25) is 0 Å². The van der Waals surface area contributed by atoms with Gasteiger partial charge in [0.25, 0.3) is 0 Å². The van der Waals surface area contributed by atoms with Gasteiger partial charge in [0.15, 0.2) is 0 Å². The minimum atomic E-state index is 0.276. The normalized spacial score (nSPS) is 52.2. The molecule has 4 rings (SSSR count). The Balaban J connectivity index is 1.66. The fraction of sp³-hybridized carbons (Fsp3) is 0.857. The van der Waals surface area contributed by atoms with Crippen molar-refractivity contribution in [2.24, 2.45) is 34.5 Å². The monoisotopic (exact) mass is 334 g/mol. The smallest absolute Gasteiger partial charge is 0.133 e. The first-order valence-electron chi connectivity index (χ1n) is 9.70. The van der Waals surface area contributed by atoms with Gasteiger partial charge in [0, 0.05) is 11.3 Å². The van der Waals surface area contributed by atoms with Crippen LogP contribution in [0.15, 0.2) is 11.6 Å². The molecule has 0 aromatic heterocycles. The molecule has 3 fully saturated rings. The van der Waals surface area contributed by atoms with Gasteiger partial charge in [0.05, 0.1) is 0 Å². The van der Waals surface area contributed by atoms with Crippen molar-refractivity contribution in [3.63, 3.8) is 0 Å². The minimum Gasteiger partial charge on any atom is -0.300 e. The van der Waals surface area contributed by atoms with Crippen molar-refractivity contribution in [3.05, 3.63) is 11.6 Å². The number of hydrogen-bond acceptors (Lipinski definition) is 1. The van der Waals surface area contributed by atoms with Gasteiger partial charge in [-0.3, -0.25) is 4.79 Å². The van der Waals surface area contributed by atoms with E-state index in [-0.39, 0.29) is 5.41 Å². The van der Waals surface area contributed by atoms with Crippen LogP contribution < -0.4 is 0 Å². The molecule has 0 heterocycles. The number of allylic oxidation sites excluding steroid dienone is 2. The Morgan fingerprint density at radius 3 is 2.65 bits per heavy atom. The van der Waals surface area contributed by atoms with Crippen molar-refractivity contribution in [3.8, 4) is 0 Å². The minimum absolute atomic E-state index is 0.276. The Bertz CT molecular complexity index is 552. The van der Waals surface area contributed by atoms with Crippen LogP contribution in [0.5, 0.6) is 0 Å². The molecule has 0 aliphatic heterocycles. The van der Waals surface area contributed by atoms with E-state index in [4.69, 9.17) is 11.6 Å². The van der Waals surface area contributed by atoms with Crippen molar-refractivity contribution in [1.82, 2.24) is 0 Å². The third kappa shape index (κ3) is 2.21. The highest BCUT2D eigenvalue weighted by molar-refractivity contribution is 6.20. The van der Waals surface area contributed by atoms with Crippen molar-refractivity contribution < 1.29 is 4.79 Å². The van der Waals surface area contributed by atoms with Crippen LogP contribution in [0.2, 0.25) is 0 Å². The highest BCUT2D eigenvalue weighted by Crippen LogP contribution is 2.66. The van der Waals surface area contributed by atoms with Crippen molar-refractivity contribution in [1.29, 1.82) is 0 Å². The van der Waals surface area contributed by atoms with E-state index in [0.29, 0.717) is 22.5 Å². The lowest BCUT2D eigenvalue weighted by atomic mass is 9.47. The zero-order valence-corrected chi connectivity index (χ0v) is 15.7. The molecule has 0 unspecified atom stereocenters. The Morgan fingerprint density at radius 1 is 1.13 bits per heavy atom. The molecular formula is C21H31ClO. The number of hydrogen-bond donors (Lipinski definition) is 0. The molecule has 4 aliphatic rings. The van der Waals surface area contributed by atoms with Gasteiger partial charge in [-0.15, -0.1) is 11.6 Å². The SMILES string of the molecule is CC(=O)[C@@H]1CC[C@@H]2[C@H]3CC=C4C[C@@H](Cl)CC[C@]4(C)[C@@H]3CC[C@]21C. The first-order valence-corrected chi connectivity index (χ1v) is 10.1. The third-order valence-corrected chi connectivity index (χ3v) is 8.91. The average molecular weight is 335 g/mol. The van der Waals surface area contributed by atoms with E-state index in [9.17, 15) is 4.79 Å². The van der Waals surface area contributed by atoms with E-state index in [0.717, 1.165) is 30.6 Å². The number of Topliss-reactive ketones (excluding diaryl/α,β-unsaturated/α-hetero) is 1. The summed E-state index contributed by atoms with van der Waals surface area (Å²) in [6, 6.07) is 0. The molecule has 3 saturated carbocycles. The number of fused-ring (bicyclic) bond motifs is 5. The lowest BCUT2D eigenvalue weighted by molar-refractivity contribution is -0.127. The van der Waals surface area contributed by atoms with Crippen LogP contribution in [0, 0.1) is 34.5 Å². The lowest BCUT2D eigenvalue weighted by Crippen LogP contribution is -2.50. The van der Waals surface area contributed by atoms with Gasteiger partial charge in [-0.25, -0.2) is 0 Å². The number of carbonyl (C=O) groups is 1. The molecule has 128 valence electrons. The van der Waals surface area contributed by atoms with Crippen LogP contribution in [0.4, 0.5) is 0 Å². The van der Waals surface area contributed by atoms with Gasteiger partial charge < -0.3 is 0 Å². The third-order valence-electron chi connectivity index (χ3n) is 8.53. The standard InChI is InChI=1S/C21H31ClO/c1-13(23)17-6-7-18-16-5-4-14-12-15(22)8-10-20(14,2)19(16)9-11-21(17,18)3/h4,15-19H,5-12H2,1-3H3/t15-,16+,17-,18+,19+,20-,21-/m0/s1. The summed E-state index contributed by atoms with van der Waals surface area (Å²) < 4.78 is 0. The van der Waals surface area contributed by atoms with Crippen molar-refractivity contribution in [2.45, 2.75) is 77.5 Å². The van der Waals surface area contributed by atoms with E-state index < -0.39 is 0 Å². The summed E-state index contributed by atoms with van der Waals surface area (Å²) in [5.41, 5.74) is 2.33. The predicted molar refractivity (Wildman–Crippen MR) is 95.5 cm³/mol. The Kier molecular flexibility index (Phi) is 3.76. The summed E-state index contributed by atoms with van der Waals surface area (Å²) >= 11 is 6.46. The second kappa shape index (κ2) is 5.35. The molecule has 0 amide bonds. The maximum atomic E-state index is 12.2. The molecule has 0 saturated heterocycles. The Hall–Kier alpha value is -0.300. The van der Waals surface area contributed by atoms with E-state index in [2.05, 4.69) is 19.9 Å².